The van der Waals surface area contributed by atoms with Gasteiger partial charge in [0, 0.05) is 53.3 Å². The molecule has 5 nitrogen and oxygen atoms in total. The third-order valence-corrected chi connectivity index (χ3v) is 4.67. The number of halogens is 2. The summed E-state index contributed by atoms with van der Waals surface area (Å²) in [7, 11) is 7.65. The van der Waals surface area contributed by atoms with Crippen LogP contribution in [0.5, 0.6) is 0 Å². The van der Waals surface area contributed by atoms with E-state index in [1.807, 2.05) is 38.0 Å². The van der Waals surface area contributed by atoms with Crippen LogP contribution < -0.4 is 5.32 Å². The quantitative estimate of drug-likeness (QED) is 0.391. The smallest absolute Gasteiger partial charge is 0.193 e. The van der Waals surface area contributed by atoms with Crippen molar-refractivity contribution in [3.63, 3.8) is 0 Å². The molecule has 0 bridgehead atoms. The molecule has 2 rings (SSSR count). The molecule has 0 aromatic carbocycles. The van der Waals surface area contributed by atoms with E-state index < -0.39 is 0 Å². The number of hydrogen-bond acceptors (Lipinski definition) is 2. The number of rotatable bonds is 7. The summed E-state index contributed by atoms with van der Waals surface area (Å²) in [4.78, 5) is 6.51. The van der Waals surface area contributed by atoms with Crippen molar-refractivity contribution < 1.29 is 4.74 Å². The molecule has 0 saturated heterocycles. The molecular formula is C16H28ClIN4O. The first-order valence-electron chi connectivity index (χ1n) is 7.71. The second-order valence-electron chi connectivity index (χ2n) is 6.26. The highest BCUT2D eigenvalue weighted by Crippen LogP contribution is 2.48. The molecule has 0 atom stereocenters. The van der Waals surface area contributed by atoms with Gasteiger partial charge in [-0.15, -0.1) is 24.0 Å². The molecule has 1 saturated carbocycles. The standard InChI is InChI=1S/C16H27ClN4O.HI/c1-18-15(19-12-16(5-6-16)7-8-22-4)21(3)11-14-9-13(17)10-20(14)2;/h9-10H,5-8,11-12H2,1-4H3,(H,18,19);1H. The van der Waals surface area contributed by atoms with Crippen molar-refractivity contribution in [2.24, 2.45) is 17.5 Å². The van der Waals surface area contributed by atoms with Crippen molar-refractivity contribution >= 4 is 41.5 Å². The fraction of sp³-hybridized carbons (Fsp3) is 0.688. The van der Waals surface area contributed by atoms with E-state index in [4.69, 9.17) is 16.3 Å². The molecule has 1 fully saturated rings. The Balaban J connectivity index is 0.00000264. The Bertz CT molecular complexity index is 528. The van der Waals surface area contributed by atoms with Crippen molar-refractivity contribution in [3.8, 4) is 0 Å². The van der Waals surface area contributed by atoms with Crippen LogP contribution in [0.2, 0.25) is 5.02 Å². The van der Waals surface area contributed by atoms with Crippen molar-refractivity contribution in [1.82, 2.24) is 14.8 Å². The lowest BCUT2D eigenvalue weighted by atomic mass is 10.0. The van der Waals surface area contributed by atoms with Crippen molar-refractivity contribution in [3.05, 3.63) is 23.0 Å². The second-order valence-corrected chi connectivity index (χ2v) is 6.70. The van der Waals surface area contributed by atoms with Crippen molar-refractivity contribution in [2.45, 2.75) is 25.8 Å². The fourth-order valence-electron chi connectivity index (χ4n) is 2.70. The van der Waals surface area contributed by atoms with E-state index in [0.29, 0.717) is 5.41 Å². The average molecular weight is 455 g/mol. The average Bonchev–Trinajstić information content (AvgIpc) is 3.18. The zero-order chi connectivity index (χ0) is 16.2. The van der Waals surface area contributed by atoms with E-state index in [-0.39, 0.29) is 24.0 Å². The topological polar surface area (TPSA) is 41.8 Å². The van der Waals surface area contributed by atoms with Gasteiger partial charge in [-0.1, -0.05) is 11.6 Å². The molecule has 23 heavy (non-hydrogen) atoms. The van der Waals surface area contributed by atoms with Gasteiger partial charge in [0.15, 0.2) is 5.96 Å². The first-order chi connectivity index (χ1) is 10.5. The minimum absolute atomic E-state index is 0. The Labute approximate surface area is 161 Å². The summed E-state index contributed by atoms with van der Waals surface area (Å²) in [6.07, 6.45) is 5.59. The summed E-state index contributed by atoms with van der Waals surface area (Å²) in [6.45, 7) is 2.56. The maximum absolute atomic E-state index is 6.04. The zero-order valence-corrected chi connectivity index (χ0v) is 17.5. The molecule has 1 N–H and O–H groups in total. The Kier molecular flexibility index (Phi) is 8.17. The van der Waals surface area contributed by atoms with Crippen LogP contribution in [0.15, 0.2) is 17.3 Å². The van der Waals surface area contributed by atoms with Gasteiger partial charge in [0.25, 0.3) is 0 Å². The van der Waals surface area contributed by atoms with Gasteiger partial charge in [0.2, 0.25) is 0 Å². The first kappa shape index (κ1) is 20.6. The molecule has 1 heterocycles. The summed E-state index contributed by atoms with van der Waals surface area (Å²) in [5.74, 6) is 0.918. The maximum atomic E-state index is 6.04. The van der Waals surface area contributed by atoms with Gasteiger partial charge in [-0.3, -0.25) is 4.99 Å². The third kappa shape index (κ3) is 5.83. The zero-order valence-electron chi connectivity index (χ0n) is 14.4. The van der Waals surface area contributed by atoms with E-state index in [0.717, 1.165) is 42.8 Å². The van der Waals surface area contributed by atoms with Crippen molar-refractivity contribution in [1.29, 1.82) is 0 Å². The minimum Gasteiger partial charge on any atom is -0.385 e. The molecule has 1 aliphatic rings. The number of nitrogens with one attached hydrogen (secondary N) is 1. The number of aryl methyl sites for hydroxylation is 1. The largest absolute Gasteiger partial charge is 0.385 e. The van der Waals surface area contributed by atoms with Crippen LogP contribution in [0, 0.1) is 5.41 Å². The maximum Gasteiger partial charge on any atom is 0.193 e. The van der Waals surface area contributed by atoms with Crippen LogP contribution in [-0.2, 0) is 18.3 Å². The van der Waals surface area contributed by atoms with E-state index >= 15 is 0 Å². The Morgan fingerprint density at radius 1 is 1.52 bits per heavy atom. The molecule has 0 spiro atoms. The Hall–Kier alpha value is -0.470. The summed E-state index contributed by atoms with van der Waals surface area (Å²) in [6, 6.07) is 1.99. The third-order valence-electron chi connectivity index (χ3n) is 4.46. The van der Waals surface area contributed by atoms with Crippen LogP contribution in [0.25, 0.3) is 0 Å². The van der Waals surface area contributed by atoms with Gasteiger partial charge in [-0.25, -0.2) is 0 Å². The SMILES string of the molecule is CN=C(NCC1(CCOC)CC1)N(C)Cc1cc(Cl)cn1C.I. The van der Waals surface area contributed by atoms with Crippen LogP contribution in [-0.4, -0.2) is 49.8 Å². The van der Waals surface area contributed by atoms with E-state index in [1.54, 1.807) is 7.11 Å². The highest BCUT2D eigenvalue weighted by Gasteiger charge is 2.42. The highest BCUT2D eigenvalue weighted by atomic mass is 127. The predicted molar refractivity (Wildman–Crippen MR) is 107 cm³/mol. The number of hydrogen-bond donors (Lipinski definition) is 1. The lowest BCUT2D eigenvalue weighted by Crippen LogP contribution is -2.41. The molecule has 0 unspecified atom stereocenters. The van der Waals surface area contributed by atoms with Gasteiger partial charge in [-0.2, -0.15) is 0 Å². The van der Waals surface area contributed by atoms with Gasteiger partial charge in [0.05, 0.1) is 11.6 Å². The van der Waals surface area contributed by atoms with Crippen LogP contribution in [0.1, 0.15) is 25.0 Å². The lowest BCUT2D eigenvalue weighted by molar-refractivity contribution is 0.172. The number of ether oxygens (including phenoxy) is 1. The van der Waals surface area contributed by atoms with E-state index in [2.05, 4.69) is 15.2 Å². The molecule has 132 valence electrons. The van der Waals surface area contributed by atoms with Crippen LogP contribution in [0.3, 0.4) is 0 Å². The number of nitrogens with zero attached hydrogens (tertiary/aromatic N) is 3. The summed E-state index contributed by atoms with van der Waals surface area (Å²) >= 11 is 6.04. The molecule has 7 heteroatoms. The van der Waals surface area contributed by atoms with Crippen molar-refractivity contribution in [2.75, 3.05) is 34.4 Å². The molecule has 0 amide bonds. The fourth-order valence-corrected chi connectivity index (χ4v) is 2.98. The summed E-state index contributed by atoms with van der Waals surface area (Å²) < 4.78 is 7.26. The molecule has 1 aromatic heterocycles. The monoisotopic (exact) mass is 454 g/mol. The molecular weight excluding hydrogens is 427 g/mol. The van der Waals surface area contributed by atoms with Crippen LogP contribution in [0.4, 0.5) is 0 Å². The lowest BCUT2D eigenvalue weighted by Gasteiger charge is -2.24. The van der Waals surface area contributed by atoms with Gasteiger partial charge >= 0.3 is 0 Å². The van der Waals surface area contributed by atoms with Crippen LogP contribution >= 0.6 is 35.6 Å². The summed E-state index contributed by atoms with van der Waals surface area (Å²) in [5.41, 5.74) is 1.57. The number of methoxy groups -OCH3 is 1. The number of guanidine groups is 1. The first-order valence-corrected chi connectivity index (χ1v) is 8.09. The normalized spacial score (nSPS) is 16.0. The predicted octanol–water partition coefficient (Wildman–Crippen LogP) is 3.12. The number of aromatic nitrogens is 1. The van der Waals surface area contributed by atoms with Gasteiger partial charge < -0.3 is 19.5 Å². The molecule has 1 aliphatic carbocycles. The van der Waals surface area contributed by atoms with Gasteiger partial charge in [0.1, 0.15) is 0 Å². The van der Waals surface area contributed by atoms with Gasteiger partial charge in [-0.05, 0) is 30.7 Å². The molecule has 0 aliphatic heterocycles. The second kappa shape index (κ2) is 9.13. The summed E-state index contributed by atoms with van der Waals surface area (Å²) in [5, 5.41) is 4.27. The molecule has 0 radical (unpaired) electrons. The Morgan fingerprint density at radius 3 is 2.70 bits per heavy atom. The molecule has 1 aromatic rings. The van der Waals surface area contributed by atoms with E-state index in [9.17, 15) is 0 Å². The Morgan fingerprint density at radius 2 is 2.22 bits per heavy atom. The minimum atomic E-state index is 0. The number of aliphatic imine (C=N–C) groups is 1. The highest BCUT2D eigenvalue weighted by molar-refractivity contribution is 14.0. The van der Waals surface area contributed by atoms with E-state index in [1.165, 1.54) is 12.8 Å².